The summed E-state index contributed by atoms with van der Waals surface area (Å²) in [5.41, 5.74) is 7.88. The van der Waals surface area contributed by atoms with E-state index in [1.807, 2.05) is 31.5 Å². The monoisotopic (exact) mass is 274 g/mol. The van der Waals surface area contributed by atoms with Gasteiger partial charge >= 0.3 is 0 Å². The summed E-state index contributed by atoms with van der Waals surface area (Å²) in [6.45, 7) is 3.50. The maximum absolute atomic E-state index is 11.7. The highest BCUT2D eigenvalue weighted by molar-refractivity contribution is 5.81. The molecule has 0 unspecified atom stereocenters. The van der Waals surface area contributed by atoms with Gasteiger partial charge in [0.2, 0.25) is 5.91 Å². The van der Waals surface area contributed by atoms with E-state index in [9.17, 15) is 4.79 Å². The first-order valence-electron chi connectivity index (χ1n) is 7.15. The van der Waals surface area contributed by atoms with Crippen LogP contribution in [0.3, 0.4) is 0 Å². The van der Waals surface area contributed by atoms with Crippen LogP contribution >= 0.6 is 0 Å². The molecule has 0 radical (unpaired) electrons. The Balaban J connectivity index is 1.77. The number of fused-ring (bicyclic) bond motifs is 1. The normalized spacial score (nSPS) is 12.5. The number of nitrogens with one attached hydrogen (secondary N) is 1. The lowest BCUT2D eigenvalue weighted by Crippen LogP contribution is -2.40. The molecule has 1 heterocycles. The molecule has 0 aliphatic rings. The molecular formula is C15H22N4O. The summed E-state index contributed by atoms with van der Waals surface area (Å²) in [6, 6.07) is 7.66. The van der Waals surface area contributed by atoms with Crippen LogP contribution in [0, 0.1) is 0 Å². The van der Waals surface area contributed by atoms with Crippen molar-refractivity contribution in [2.24, 2.45) is 5.73 Å². The zero-order valence-corrected chi connectivity index (χ0v) is 11.9. The first kappa shape index (κ1) is 14.5. The average Bonchev–Trinajstić information content (AvgIpc) is 2.87. The molecule has 0 aliphatic carbocycles. The first-order chi connectivity index (χ1) is 9.72. The van der Waals surface area contributed by atoms with Gasteiger partial charge in [-0.05, 0) is 25.0 Å². The molecule has 1 aromatic heterocycles. The van der Waals surface area contributed by atoms with E-state index in [-0.39, 0.29) is 11.9 Å². The third-order valence-electron chi connectivity index (χ3n) is 3.34. The van der Waals surface area contributed by atoms with Gasteiger partial charge in [-0.25, -0.2) is 4.98 Å². The Morgan fingerprint density at radius 1 is 1.45 bits per heavy atom. The summed E-state index contributed by atoms with van der Waals surface area (Å²) in [7, 11) is 0. The van der Waals surface area contributed by atoms with Crippen molar-refractivity contribution in [3.05, 3.63) is 30.6 Å². The molecule has 0 aliphatic heterocycles. The SMILES string of the molecule is CCC[C@@H](N)C(=O)NCCCn1cnc2ccccc21. The second-order valence-corrected chi connectivity index (χ2v) is 4.97. The van der Waals surface area contributed by atoms with Crippen molar-refractivity contribution in [1.29, 1.82) is 0 Å². The largest absolute Gasteiger partial charge is 0.355 e. The minimum absolute atomic E-state index is 0.0534. The summed E-state index contributed by atoms with van der Waals surface area (Å²) in [5.74, 6) is -0.0534. The van der Waals surface area contributed by atoms with Gasteiger partial charge in [-0.3, -0.25) is 4.79 Å². The van der Waals surface area contributed by atoms with Gasteiger partial charge in [0.05, 0.1) is 23.4 Å². The van der Waals surface area contributed by atoms with Crippen LogP contribution in [0.15, 0.2) is 30.6 Å². The third-order valence-corrected chi connectivity index (χ3v) is 3.34. The topological polar surface area (TPSA) is 72.9 Å². The summed E-state index contributed by atoms with van der Waals surface area (Å²) >= 11 is 0. The van der Waals surface area contributed by atoms with E-state index in [1.54, 1.807) is 0 Å². The summed E-state index contributed by atoms with van der Waals surface area (Å²) in [6.07, 6.45) is 4.37. The second-order valence-electron chi connectivity index (χ2n) is 4.97. The standard InChI is InChI=1S/C15H22N4O/c1-2-6-12(16)15(20)17-9-5-10-19-11-18-13-7-3-4-8-14(13)19/h3-4,7-8,11-12H,2,5-6,9-10,16H2,1H3,(H,17,20)/t12-/m1/s1. The molecule has 0 saturated carbocycles. The number of benzene rings is 1. The van der Waals surface area contributed by atoms with E-state index in [2.05, 4.69) is 20.9 Å². The molecule has 108 valence electrons. The van der Waals surface area contributed by atoms with Crippen molar-refractivity contribution in [1.82, 2.24) is 14.9 Å². The highest BCUT2D eigenvalue weighted by atomic mass is 16.2. The van der Waals surface area contributed by atoms with Gasteiger partial charge in [0.25, 0.3) is 0 Å². The van der Waals surface area contributed by atoms with E-state index in [1.165, 1.54) is 0 Å². The maximum Gasteiger partial charge on any atom is 0.236 e. The van der Waals surface area contributed by atoms with E-state index in [0.717, 1.165) is 36.8 Å². The Hall–Kier alpha value is -1.88. The number of nitrogens with two attached hydrogens (primary N) is 1. The van der Waals surface area contributed by atoms with E-state index in [0.29, 0.717) is 6.54 Å². The van der Waals surface area contributed by atoms with Gasteiger partial charge in [0.15, 0.2) is 0 Å². The van der Waals surface area contributed by atoms with Crippen LogP contribution in [-0.2, 0) is 11.3 Å². The number of aryl methyl sites for hydroxylation is 1. The molecule has 1 amide bonds. The first-order valence-corrected chi connectivity index (χ1v) is 7.15. The molecule has 5 heteroatoms. The highest BCUT2D eigenvalue weighted by Crippen LogP contribution is 2.11. The van der Waals surface area contributed by atoms with Crippen molar-refractivity contribution < 1.29 is 4.79 Å². The molecule has 0 fully saturated rings. The lowest BCUT2D eigenvalue weighted by atomic mass is 10.2. The summed E-state index contributed by atoms with van der Waals surface area (Å²) in [4.78, 5) is 16.0. The number of hydrogen-bond acceptors (Lipinski definition) is 3. The van der Waals surface area contributed by atoms with E-state index in [4.69, 9.17) is 5.73 Å². The predicted molar refractivity (Wildman–Crippen MR) is 80.2 cm³/mol. The number of aromatic nitrogens is 2. The quantitative estimate of drug-likeness (QED) is 0.754. The Labute approximate surface area is 119 Å². The lowest BCUT2D eigenvalue weighted by Gasteiger charge is -2.11. The summed E-state index contributed by atoms with van der Waals surface area (Å²) in [5, 5.41) is 2.88. The predicted octanol–water partition coefficient (Wildman–Crippen LogP) is 1.67. The van der Waals surface area contributed by atoms with Gasteiger partial charge in [0.1, 0.15) is 0 Å². The Morgan fingerprint density at radius 2 is 2.25 bits per heavy atom. The molecule has 2 rings (SSSR count). The molecule has 0 bridgehead atoms. The molecule has 5 nitrogen and oxygen atoms in total. The van der Waals surface area contributed by atoms with Crippen LogP contribution in [0.4, 0.5) is 0 Å². The zero-order valence-electron chi connectivity index (χ0n) is 11.9. The van der Waals surface area contributed by atoms with Gasteiger partial charge in [-0.1, -0.05) is 25.5 Å². The van der Waals surface area contributed by atoms with Crippen LogP contribution in [0.1, 0.15) is 26.2 Å². The smallest absolute Gasteiger partial charge is 0.236 e. The second kappa shape index (κ2) is 7.05. The molecule has 20 heavy (non-hydrogen) atoms. The molecule has 1 aromatic carbocycles. The van der Waals surface area contributed by atoms with Crippen molar-refractivity contribution >= 4 is 16.9 Å². The number of para-hydroxylation sites is 2. The molecule has 0 spiro atoms. The van der Waals surface area contributed by atoms with Crippen LogP contribution in [0.25, 0.3) is 11.0 Å². The number of hydrogen-bond donors (Lipinski definition) is 2. The fourth-order valence-corrected chi connectivity index (χ4v) is 2.22. The number of rotatable bonds is 7. The Bertz CT molecular complexity index is 564. The fourth-order valence-electron chi connectivity index (χ4n) is 2.22. The number of nitrogens with zero attached hydrogens (tertiary/aromatic N) is 2. The van der Waals surface area contributed by atoms with Crippen LogP contribution in [0.2, 0.25) is 0 Å². The maximum atomic E-state index is 11.7. The Kier molecular flexibility index (Phi) is 5.12. The molecular weight excluding hydrogens is 252 g/mol. The van der Waals surface area contributed by atoms with Crippen molar-refractivity contribution in [2.75, 3.05) is 6.54 Å². The lowest BCUT2D eigenvalue weighted by molar-refractivity contribution is -0.122. The number of carbonyl (C=O) groups is 1. The van der Waals surface area contributed by atoms with E-state index >= 15 is 0 Å². The number of imidazole rings is 1. The van der Waals surface area contributed by atoms with Gasteiger partial charge in [-0.2, -0.15) is 0 Å². The molecule has 1 atom stereocenters. The van der Waals surface area contributed by atoms with Gasteiger partial charge in [0, 0.05) is 13.1 Å². The van der Waals surface area contributed by atoms with Crippen molar-refractivity contribution in [3.63, 3.8) is 0 Å². The third kappa shape index (κ3) is 3.57. The zero-order chi connectivity index (χ0) is 14.4. The fraction of sp³-hybridized carbons (Fsp3) is 0.467. The highest BCUT2D eigenvalue weighted by Gasteiger charge is 2.10. The van der Waals surface area contributed by atoms with Gasteiger partial charge < -0.3 is 15.6 Å². The van der Waals surface area contributed by atoms with Gasteiger partial charge in [-0.15, -0.1) is 0 Å². The van der Waals surface area contributed by atoms with Crippen LogP contribution < -0.4 is 11.1 Å². The van der Waals surface area contributed by atoms with Crippen LogP contribution in [0.5, 0.6) is 0 Å². The molecule has 0 saturated heterocycles. The van der Waals surface area contributed by atoms with Crippen LogP contribution in [-0.4, -0.2) is 28.0 Å². The van der Waals surface area contributed by atoms with Crippen molar-refractivity contribution in [3.8, 4) is 0 Å². The minimum atomic E-state index is -0.380. The Morgan fingerprint density at radius 3 is 3.05 bits per heavy atom. The van der Waals surface area contributed by atoms with E-state index < -0.39 is 0 Å². The molecule has 3 N–H and O–H groups in total. The number of carbonyl (C=O) groups excluding carboxylic acids is 1. The number of amides is 1. The summed E-state index contributed by atoms with van der Waals surface area (Å²) < 4.78 is 2.10. The molecule has 2 aromatic rings. The average molecular weight is 274 g/mol. The van der Waals surface area contributed by atoms with Crippen molar-refractivity contribution in [2.45, 2.75) is 38.8 Å². The minimum Gasteiger partial charge on any atom is -0.355 e.